The molecule has 0 unspecified atom stereocenters. The molecule has 3 aromatic rings. The first-order chi connectivity index (χ1) is 13.1. The highest BCUT2D eigenvalue weighted by molar-refractivity contribution is 7.89. The number of hydrazone groups is 1. The van der Waals surface area contributed by atoms with Crippen LogP contribution in [-0.4, -0.2) is 28.6 Å². The smallest absolute Gasteiger partial charge is 0.279 e. The third kappa shape index (κ3) is 3.17. The molecule has 1 aromatic heterocycles. The van der Waals surface area contributed by atoms with Crippen LogP contribution in [0.25, 0.3) is 0 Å². The highest BCUT2D eigenvalue weighted by atomic mass is 32.2. The summed E-state index contributed by atoms with van der Waals surface area (Å²) in [6, 6.07) is 18.1. The van der Waals surface area contributed by atoms with Crippen molar-refractivity contribution < 1.29 is 13.5 Å². The van der Waals surface area contributed by atoms with Crippen molar-refractivity contribution in [3.8, 4) is 5.75 Å². The van der Waals surface area contributed by atoms with Gasteiger partial charge in [0.15, 0.2) is 0 Å². The van der Waals surface area contributed by atoms with E-state index >= 15 is 0 Å². The van der Waals surface area contributed by atoms with Gasteiger partial charge >= 0.3 is 0 Å². The fraction of sp³-hybridized carbons (Fsp3) is 0.100. The fourth-order valence-corrected chi connectivity index (χ4v) is 4.57. The normalized spacial score (nSPS) is 17.0. The summed E-state index contributed by atoms with van der Waals surface area (Å²) >= 11 is 0. The van der Waals surface area contributed by atoms with E-state index in [1.165, 1.54) is 0 Å². The number of hydrogen-bond acceptors (Lipinski definition) is 5. The van der Waals surface area contributed by atoms with Crippen molar-refractivity contribution in [3.63, 3.8) is 0 Å². The van der Waals surface area contributed by atoms with Crippen molar-refractivity contribution in [2.24, 2.45) is 5.10 Å². The van der Waals surface area contributed by atoms with Gasteiger partial charge < -0.3 is 5.11 Å². The third-order valence-electron chi connectivity index (χ3n) is 4.44. The number of phenolic OH excluding ortho intramolecular Hbond substituents is 1. The summed E-state index contributed by atoms with van der Waals surface area (Å²) in [5, 5.41) is 14.6. The lowest BCUT2D eigenvalue weighted by atomic mass is 10.00. The predicted octanol–water partition coefficient (Wildman–Crippen LogP) is 3.33. The molecular weight excluding hydrogens is 362 g/mol. The van der Waals surface area contributed by atoms with Crippen molar-refractivity contribution in [3.05, 3.63) is 90.3 Å². The number of para-hydroxylation sites is 1. The van der Waals surface area contributed by atoms with Crippen molar-refractivity contribution in [2.75, 3.05) is 0 Å². The van der Waals surface area contributed by atoms with Gasteiger partial charge in [-0.2, -0.15) is 17.9 Å². The minimum atomic E-state index is -3.85. The van der Waals surface area contributed by atoms with Gasteiger partial charge in [0.25, 0.3) is 10.0 Å². The lowest BCUT2D eigenvalue weighted by Gasteiger charge is -2.23. The van der Waals surface area contributed by atoms with Crippen molar-refractivity contribution in [1.82, 2.24) is 9.40 Å². The molecule has 0 bridgehead atoms. The molecule has 0 spiro atoms. The first-order valence-corrected chi connectivity index (χ1v) is 9.86. The molecular formula is C20H17N3O3S. The molecule has 136 valence electrons. The summed E-state index contributed by atoms with van der Waals surface area (Å²) in [7, 11) is -3.85. The molecule has 2 aromatic carbocycles. The van der Waals surface area contributed by atoms with E-state index < -0.39 is 16.1 Å². The molecule has 0 saturated heterocycles. The van der Waals surface area contributed by atoms with Crippen LogP contribution < -0.4 is 0 Å². The molecule has 0 aliphatic carbocycles. The van der Waals surface area contributed by atoms with E-state index in [-0.39, 0.29) is 10.6 Å². The Kier molecular flexibility index (Phi) is 4.37. The van der Waals surface area contributed by atoms with Crippen LogP contribution in [0.2, 0.25) is 0 Å². The zero-order valence-electron chi connectivity index (χ0n) is 14.3. The monoisotopic (exact) mass is 379 g/mol. The summed E-state index contributed by atoms with van der Waals surface area (Å²) in [5.74, 6) is 0.0696. The number of pyridine rings is 1. The Morgan fingerprint density at radius 3 is 2.41 bits per heavy atom. The molecule has 4 rings (SSSR count). The summed E-state index contributed by atoms with van der Waals surface area (Å²) in [6.45, 7) is 0. The number of sulfonamides is 1. The standard InChI is InChI=1S/C20H17N3O3S/c24-20-11-5-4-10-17(20)18-13-19(15-7-6-12-21-14-15)23(22-18)27(25,26)16-8-2-1-3-9-16/h1-12,14,19,24H,13H2/t19-/m1/s1. The number of rotatable bonds is 4. The molecule has 2 heterocycles. The minimum absolute atomic E-state index is 0.0696. The Morgan fingerprint density at radius 2 is 1.70 bits per heavy atom. The quantitative estimate of drug-likeness (QED) is 0.754. The van der Waals surface area contributed by atoms with E-state index in [4.69, 9.17) is 0 Å². The van der Waals surface area contributed by atoms with Gasteiger partial charge in [0, 0.05) is 24.4 Å². The van der Waals surface area contributed by atoms with Gasteiger partial charge in [0.05, 0.1) is 16.6 Å². The van der Waals surface area contributed by atoms with E-state index in [1.54, 1.807) is 73.1 Å². The molecule has 7 heteroatoms. The SMILES string of the molecule is O=S(=O)(c1ccccc1)N1N=C(c2ccccc2O)C[C@@H]1c1cccnc1. The van der Waals surface area contributed by atoms with E-state index in [1.807, 2.05) is 6.07 Å². The van der Waals surface area contributed by atoms with Crippen LogP contribution in [0.15, 0.2) is 89.1 Å². The molecule has 6 nitrogen and oxygen atoms in total. The maximum Gasteiger partial charge on any atom is 0.279 e. The van der Waals surface area contributed by atoms with Crippen LogP contribution in [0.3, 0.4) is 0 Å². The van der Waals surface area contributed by atoms with Gasteiger partial charge in [-0.25, -0.2) is 0 Å². The van der Waals surface area contributed by atoms with Crippen molar-refractivity contribution in [2.45, 2.75) is 17.4 Å². The highest BCUT2D eigenvalue weighted by Crippen LogP contribution is 2.38. The zero-order chi connectivity index (χ0) is 18.9. The Balaban J connectivity index is 1.83. The predicted molar refractivity (Wildman–Crippen MR) is 102 cm³/mol. The highest BCUT2D eigenvalue weighted by Gasteiger charge is 2.38. The van der Waals surface area contributed by atoms with Crippen LogP contribution in [0, 0.1) is 0 Å². The molecule has 27 heavy (non-hydrogen) atoms. The minimum Gasteiger partial charge on any atom is -0.507 e. The van der Waals surface area contributed by atoms with Gasteiger partial charge in [-0.15, -0.1) is 0 Å². The third-order valence-corrected chi connectivity index (χ3v) is 6.14. The second-order valence-electron chi connectivity index (χ2n) is 6.16. The lowest BCUT2D eigenvalue weighted by Crippen LogP contribution is -2.27. The van der Waals surface area contributed by atoms with E-state index in [2.05, 4.69) is 10.1 Å². The van der Waals surface area contributed by atoms with E-state index in [9.17, 15) is 13.5 Å². The second-order valence-corrected chi connectivity index (χ2v) is 7.96. The fourth-order valence-electron chi connectivity index (χ4n) is 3.11. The number of hydrogen-bond donors (Lipinski definition) is 1. The summed E-state index contributed by atoms with van der Waals surface area (Å²) in [5.41, 5.74) is 1.78. The number of phenols is 1. The Bertz CT molecular complexity index is 1080. The maximum absolute atomic E-state index is 13.2. The molecule has 0 amide bonds. The average Bonchev–Trinajstić information content (AvgIpc) is 3.16. The van der Waals surface area contributed by atoms with E-state index in [0.29, 0.717) is 17.7 Å². The number of aromatic nitrogens is 1. The number of nitrogens with zero attached hydrogens (tertiary/aromatic N) is 3. The van der Waals surface area contributed by atoms with Crippen LogP contribution in [-0.2, 0) is 10.0 Å². The lowest BCUT2D eigenvalue weighted by molar-refractivity contribution is 0.371. The summed E-state index contributed by atoms with van der Waals surface area (Å²) < 4.78 is 27.6. The Hall–Kier alpha value is -3.19. The average molecular weight is 379 g/mol. The van der Waals surface area contributed by atoms with Gasteiger partial charge in [-0.05, 0) is 35.9 Å². The molecule has 0 fully saturated rings. The van der Waals surface area contributed by atoms with E-state index in [0.717, 1.165) is 9.98 Å². The van der Waals surface area contributed by atoms with Gasteiger partial charge in [-0.3, -0.25) is 4.98 Å². The molecule has 0 saturated carbocycles. The van der Waals surface area contributed by atoms with Crippen LogP contribution >= 0.6 is 0 Å². The zero-order valence-corrected chi connectivity index (χ0v) is 15.1. The summed E-state index contributed by atoms with van der Waals surface area (Å²) in [4.78, 5) is 4.28. The summed E-state index contributed by atoms with van der Waals surface area (Å²) in [6.07, 6.45) is 3.62. The van der Waals surface area contributed by atoms with Gasteiger partial charge in [-0.1, -0.05) is 36.4 Å². The number of aromatic hydroxyl groups is 1. The topological polar surface area (TPSA) is 82.9 Å². The van der Waals surface area contributed by atoms with Crippen LogP contribution in [0.4, 0.5) is 0 Å². The molecule has 0 radical (unpaired) electrons. The van der Waals surface area contributed by atoms with Gasteiger partial charge in [0.2, 0.25) is 0 Å². The van der Waals surface area contributed by atoms with Crippen molar-refractivity contribution in [1.29, 1.82) is 0 Å². The maximum atomic E-state index is 13.2. The van der Waals surface area contributed by atoms with Crippen LogP contribution in [0.1, 0.15) is 23.6 Å². The van der Waals surface area contributed by atoms with Gasteiger partial charge in [0.1, 0.15) is 5.75 Å². The van der Waals surface area contributed by atoms with Crippen molar-refractivity contribution >= 4 is 15.7 Å². The largest absolute Gasteiger partial charge is 0.507 e. The molecule has 1 aliphatic heterocycles. The first kappa shape index (κ1) is 17.2. The Morgan fingerprint density at radius 1 is 0.963 bits per heavy atom. The molecule has 1 N–H and O–H groups in total. The number of benzene rings is 2. The first-order valence-electron chi connectivity index (χ1n) is 8.42. The van der Waals surface area contributed by atoms with Crippen LogP contribution in [0.5, 0.6) is 5.75 Å². The molecule has 1 aliphatic rings. The second kappa shape index (κ2) is 6.85. The molecule has 1 atom stereocenters. The Labute approximate surface area is 157 Å².